The topological polar surface area (TPSA) is 88.3 Å². The number of nitrogens with two attached hydrogens (primary N) is 1. The first-order chi connectivity index (χ1) is 11.6. The van der Waals surface area contributed by atoms with Gasteiger partial charge in [0.25, 0.3) is 0 Å². The summed E-state index contributed by atoms with van der Waals surface area (Å²) in [5, 5.41) is 4.04. The minimum atomic E-state index is 0.527. The zero-order valence-corrected chi connectivity index (χ0v) is 14.4. The molecule has 0 aliphatic rings. The van der Waals surface area contributed by atoms with Crippen molar-refractivity contribution >= 4 is 11.0 Å². The second-order valence-electron chi connectivity index (χ2n) is 5.65. The summed E-state index contributed by atoms with van der Waals surface area (Å²) in [4.78, 5) is 4.72. The number of nitrogens with zero attached hydrogens (tertiary/aromatic N) is 3. The molecule has 7 nitrogen and oxygen atoms in total. The summed E-state index contributed by atoms with van der Waals surface area (Å²) in [7, 11) is 3.24. The van der Waals surface area contributed by atoms with E-state index in [1.807, 2.05) is 26.0 Å². The third kappa shape index (κ3) is 2.71. The summed E-state index contributed by atoms with van der Waals surface area (Å²) in [6, 6.07) is 3.83. The zero-order valence-electron chi connectivity index (χ0n) is 14.4. The predicted molar refractivity (Wildman–Crippen MR) is 90.7 cm³/mol. The van der Waals surface area contributed by atoms with Crippen molar-refractivity contribution in [3.05, 3.63) is 35.0 Å². The minimum absolute atomic E-state index is 0.527. The van der Waals surface area contributed by atoms with Crippen molar-refractivity contribution in [1.29, 1.82) is 0 Å². The van der Waals surface area contributed by atoms with Gasteiger partial charge in [0.1, 0.15) is 11.6 Å². The first-order valence-electron chi connectivity index (χ1n) is 7.82. The summed E-state index contributed by atoms with van der Waals surface area (Å²) in [5.41, 5.74) is 9.52. The average Bonchev–Trinajstić information content (AvgIpc) is 3.08. The van der Waals surface area contributed by atoms with Crippen LogP contribution in [0.4, 0.5) is 0 Å². The maximum atomic E-state index is 5.76. The van der Waals surface area contributed by atoms with Crippen molar-refractivity contribution in [3.8, 4) is 11.5 Å². The summed E-state index contributed by atoms with van der Waals surface area (Å²) in [6.45, 7) is 5.01. The largest absolute Gasteiger partial charge is 0.493 e. The lowest BCUT2D eigenvalue weighted by atomic mass is 10.2. The Balaban J connectivity index is 2.18. The number of ether oxygens (including phenoxy) is 2. The Morgan fingerprint density at radius 2 is 1.88 bits per heavy atom. The highest BCUT2D eigenvalue weighted by Gasteiger charge is 2.18. The van der Waals surface area contributed by atoms with Crippen LogP contribution >= 0.6 is 0 Å². The van der Waals surface area contributed by atoms with Crippen molar-refractivity contribution in [2.24, 2.45) is 5.73 Å². The lowest BCUT2D eigenvalue weighted by molar-refractivity contribution is 0.355. The van der Waals surface area contributed by atoms with Crippen LogP contribution in [0.3, 0.4) is 0 Å². The fourth-order valence-electron chi connectivity index (χ4n) is 2.88. The molecule has 0 saturated heterocycles. The second kappa shape index (κ2) is 6.52. The molecule has 0 radical (unpaired) electrons. The van der Waals surface area contributed by atoms with Gasteiger partial charge >= 0.3 is 0 Å². The first kappa shape index (κ1) is 16.3. The molecule has 0 amide bonds. The molecule has 0 fully saturated rings. The zero-order chi connectivity index (χ0) is 17.3. The maximum absolute atomic E-state index is 5.76. The Morgan fingerprint density at radius 1 is 1.17 bits per heavy atom. The third-order valence-electron chi connectivity index (χ3n) is 4.20. The van der Waals surface area contributed by atoms with E-state index in [0.29, 0.717) is 31.0 Å². The number of hydrogen-bond donors (Lipinski definition) is 1. The van der Waals surface area contributed by atoms with Crippen molar-refractivity contribution in [3.63, 3.8) is 0 Å². The van der Waals surface area contributed by atoms with Gasteiger partial charge in [0.15, 0.2) is 11.5 Å². The Labute approximate surface area is 140 Å². The molecular weight excluding hydrogens is 308 g/mol. The van der Waals surface area contributed by atoms with Crippen LogP contribution in [0.1, 0.15) is 22.8 Å². The average molecular weight is 330 g/mol. The van der Waals surface area contributed by atoms with Crippen molar-refractivity contribution in [2.45, 2.75) is 26.8 Å². The van der Waals surface area contributed by atoms with Crippen LogP contribution < -0.4 is 15.2 Å². The van der Waals surface area contributed by atoms with E-state index in [1.165, 1.54) is 0 Å². The molecule has 7 heteroatoms. The molecule has 0 aliphatic heterocycles. The molecule has 0 unspecified atom stereocenters. The molecule has 128 valence electrons. The molecule has 0 aliphatic carbocycles. The molecule has 0 saturated carbocycles. The summed E-state index contributed by atoms with van der Waals surface area (Å²) >= 11 is 0. The summed E-state index contributed by atoms with van der Waals surface area (Å²) in [5.74, 6) is 3.06. The normalized spacial score (nSPS) is 11.2. The molecule has 0 spiro atoms. The second-order valence-corrected chi connectivity index (χ2v) is 5.65. The van der Waals surface area contributed by atoms with E-state index in [-0.39, 0.29) is 0 Å². The number of aromatic nitrogens is 3. The van der Waals surface area contributed by atoms with Crippen LogP contribution in [0.5, 0.6) is 11.5 Å². The molecule has 2 aromatic heterocycles. The predicted octanol–water partition coefficient (Wildman–Crippen LogP) is 2.21. The van der Waals surface area contributed by atoms with Gasteiger partial charge < -0.3 is 24.3 Å². The van der Waals surface area contributed by atoms with Gasteiger partial charge in [-0.3, -0.25) is 0 Å². The smallest absolute Gasteiger partial charge is 0.163 e. The number of hydrogen-bond acceptors (Lipinski definition) is 6. The van der Waals surface area contributed by atoms with Gasteiger partial charge in [0.05, 0.1) is 37.5 Å². The maximum Gasteiger partial charge on any atom is 0.163 e. The van der Waals surface area contributed by atoms with Gasteiger partial charge in [-0.1, -0.05) is 5.16 Å². The standard InChI is InChI=1S/C17H22N4O3/c1-10-12(11(2)24-20-10)9-21-14-8-16(23-4)15(22-3)7-13(14)19-17(21)5-6-18/h7-8H,5-6,9,18H2,1-4H3. The van der Waals surface area contributed by atoms with E-state index in [9.17, 15) is 0 Å². The number of rotatable bonds is 6. The molecule has 1 aromatic carbocycles. The van der Waals surface area contributed by atoms with E-state index in [4.69, 9.17) is 24.7 Å². The van der Waals surface area contributed by atoms with Crippen LogP contribution in [0, 0.1) is 13.8 Å². The molecule has 3 aromatic rings. The number of aryl methyl sites for hydroxylation is 2. The van der Waals surface area contributed by atoms with Gasteiger partial charge in [0, 0.05) is 24.1 Å². The van der Waals surface area contributed by atoms with Crippen LogP contribution in [0.15, 0.2) is 16.7 Å². The van der Waals surface area contributed by atoms with Gasteiger partial charge in [-0.2, -0.15) is 0 Å². The van der Waals surface area contributed by atoms with Gasteiger partial charge in [0.2, 0.25) is 0 Å². The summed E-state index contributed by atoms with van der Waals surface area (Å²) in [6.07, 6.45) is 0.683. The molecule has 0 atom stereocenters. The highest BCUT2D eigenvalue weighted by Crippen LogP contribution is 2.33. The lowest BCUT2D eigenvalue weighted by Gasteiger charge is -2.11. The fourth-order valence-corrected chi connectivity index (χ4v) is 2.88. The van der Waals surface area contributed by atoms with E-state index in [0.717, 1.165) is 33.9 Å². The molecule has 24 heavy (non-hydrogen) atoms. The molecular formula is C17H22N4O3. The highest BCUT2D eigenvalue weighted by atomic mass is 16.5. The Kier molecular flexibility index (Phi) is 4.44. The minimum Gasteiger partial charge on any atom is -0.493 e. The molecule has 2 N–H and O–H groups in total. The third-order valence-corrected chi connectivity index (χ3v) is 4.20. The van der Waals surface area contributed by atoms with Crippen LogP contribution in [0.25, 0.3) is 11.0 Å². The van der Waals surface area contributed by atoms with E-state index in [1.54, 1.807) is 14.2 Å². The van der Waals surface area contributed by atoms with Crippen LogP contribution in [-0.4, -0.2) is 35.5 Å². The Hall–Kier alpha value is -2.54. The number of methoxy groups -OCH3 is 2. The van der Waals surface area contributed by atoms with Crippen LogP contribution in [0.2, 0.25) is 0 Å². The van der Waals surface area contributed by atoms with E-state index >= 15 is 0 Å². The van der Waals surface area contributed by atoms with Gasteiger partial charge in [-0.05, 0) is 20.4 Å². The summed E-state index contributed by atoms with van der Waals surface area (Å²) < 4.78 is 18.2. The number of benzene rings is 1. The first-order valence-corrected chi connectivity index (χ1v) is 7.82. The molecule has 0 bridgehead atoms. The molecule has 2 heterocycles. The highest BCUT2D eigenvalue weighted by molar-refractivity contribution is 5.81. The van der Waals surface area contributed by atoms with Crippen molar-refractivity contribution in [1.82, 2.24) is 14.7 Å². The number of fused-ring (bicyclic) bond motifs is 1. The van der Waals surface area contributed by atoms with E-state index < -0.39 is 0 Å². The Bertz CT molecular complexity index is 847. The fraction of sp³-hybridized carbons (Fsp3) is 0.412. The monoisotopic (exact) mass is 330 g/mol. The van der Waals surface area contributed by atoms with Crippen molar-refractivity contribution < 1.29 is 14.0 Å². The lowest BCUT2D eigenvalue weighted by Crippen LogP contribution is -2.11. The SMILES string of the molecule is COc1cc2nc(CCN)n(Cc3c(C)noc3C)c2cc1OC. The van der Waals surface area contributed by atoms with E-state index in [2.05, 4.69) is 9.72 Å². The quantitative estimate of drug-likeness (QED) is 0.745. The number of imidazole rings is 1. The van der Waals surface area contributed by atoms with Gasteiger partial charge in [-0.15, -0.1) is 0 Å². The Morgan fingerprint density at radius 3 is 2.46 bits per heavy atom. The van der Waals surface area contributed by atoms with Gasteiger partial charge in [-0.25, -0.2) is 4.98 Å². The van der Waals surface area contributed by atoms with Crippen LogP contribution in [-0.2, 0) is 13.0 Å². The van der Waals surface area contributed by atoms with Crippen molar-refractivity contribution in [2.75, 3.05) is 20.8 Å². The molecule has 3 rings (SSSR count).